The van der Waals surface area contributed by atoms with Gasteiger partial charge in [-0.15, -0.1) is 0 Å². The molecule has 3 fully saturated rings. The van der Waals surface area contributed by atoms with Crippen LogP contribution in [0.25, 0.3) is 0 Å². The van der Waals surface area contributed by atoms with Gasteiger partial charge in [-0.25, -0.2) is 8.42 Å². The molecule has 0 saturated carbocycles. The summed E-state index contributed by atoms with van der Waals surface area (Å²) in [5.41, 5.74) is 0. The molecule has 0 radical (unpaired) electrons. The second-order valence-electron chi connectivity index (χ2n) is 9.75. The number of benzene rings is 1. The number of β-amino-alcohol motifs (C(OH)–C–C–N with tert-alkyl or cyclic N) is 1. The molecule has 0 spiro atoms. The quantitative estimate of drug-likeness (QED) is 0.422. The van der Waals surface area contributed by atoms with Crippen molar-refractivity contribution in [2.24, 2.45) is 0 Å². The number of methoxy groups -OCH3 is 1. The van der Waals surface area contributed by atoms with Gasteiger partial charge in [0.05, 0.1) is 69.2 Å². The van der Waals surface area contributed by atoms with Crippen LogP contribution in [0, 0.1) is 0 Å². The summed E-state index contributed by atoms with van der Waals surface area (Å²) in [7, 11) is -2.46. The molecule has 1 amide bonds. The van der Waals surface area contributed by atoms with E-state index in [0.29, 0.717) is 25.1 Å². The molecule has 4 atom stereocenters. The fraction of sp³-hybridized carbons (Fsp3) is 0.720. The third kappa shape index (κ3) is 7.62. The molecule has 0 bridgehead atoms. The van der Waals surface area contributed by atoms with Gasteiger partial charge in [-0.1, -0.05) is 6.07 Å². The first-order valence-corrected chi connectivity index (χ1v) is 14.4. The minimum Gasteiger partial charge on any atom is -0.497 e. The van der Waals surface area contributed by atoms with Crippen molar-refractivity contribution in [2.45, 2.75) is 54.9 Å². The minimum absolute atomic E-state index is 0.00497. The van der Waals surface area contributed by atoms with Crippen molar-refractivity contribution in [3.8, 4) is 5.75 Å². The molecule has 3 aliphatic rings. The van der Waals surface area contributed by atoms with Crippen molar-refractivity contribution in [3.05, 3.63) is 24.3 Å². The summed E-state index contributed by atoms with van der Waals surface area (Å²) >= 11 is 0. The van der Waals surface area contributed by atoms with Crippen LogP contribution in [-0.2, 0) is 29.0 Å². The smallest absolute Gasteiger partial charge is 0.243 e. The number of sulfonamides is 1. The zero-order valence-electron chi connectivity index (χ0n) is 21.4. The number of amides is 1. The van der Waals surface area contributed by atoms with Crippen LogP contribution >= 0.6 is 0 Å². The number of fused-ring (bicyclic) bond motifs is 1. The Hall–Kier alpha value is -1.80. The number of hydrogen-bond donors (Lipinski definition) is 2. The molecular formula is C25H39N3O8S. The minimum atomic E-state index is -3.94. The number of nitrogens with one attached hydrogen (secondary N) is 1. The van der Waals surface area contributed by atoms with Gasteiger partial charge in [0.15, 0.2) is 0 Å². The normalized spacial score (nSPS) is 28.1. The van der Waals surface area contributed by atoms with Crippen LogP contribution in [0.2, 0.25) is 0 Å². The Morgan fingerprint density at radius 2 is 2.00 bits per heavy atom. The van der Waals surface area contributed by atoms with Gasteiger partial charge in [-0.3, -0.25) is 9.69 Å². The number of carbonyl (C=O) groups is 1. The highest BCUT2D eigenvalue weighted by molar-refractivity contribution is 7.89. The van der Waals surface area contributed by atoms with E-state index in [9.17, 15) is 18.3 Å². The average Bonchev–Trinajstić information content (AvgIpc) is 2.89. The number of aliphatic hydroxyl groups excluding tert-OH is 1. The highest BCUT2D eigenvalue weighted by Gasteiger charge is 2.43. The monoisotopic (exact) mass is 541 g/mol. The highest BCUT2D eigenvalue weighted by Crippen LogP contribution is 2.32. The van der Waals surface area contributed by atoms with E-state index in [2.05, 4.69) is 10.2 Å². The van der Waals surface area contributed by atoms with Crippen LogP contribution in [-0.4, -0.2) is 119 Å². The maximum atomic E-state index is 13.6. The second kappa shape index (κ2) is 13.3. The molecule has 208 valence electrons. The van der Waals surface area contributed by atoms with Crippen molar-refractivity contribution in [3.63, 3.8) is 0 Å². The Kier molecular flexibility index (Phi) is 10.2. The Morgan fingerprint density at radius 1 is 1.19 bits per heavy atom. The largest absolute Gasteiger partial charge is 0.497 e. The lowest BCUT2D eigenvalue weighted by molar-refractivity contribution is -0.146. The number of aliphatic hydroxyl groups is 1. The molecule has 11 nitrogen and oxygen atoms in total. The number of nitrogens with zero attached hydrogens (tertiary/aromatic N) is 2. The van der Waals surface area contributed by atoms with Gasteiger partial charge < -0.3 is 29.4 Å². The molecule has 12 heteroatoms. The predicted octanol–water partition coefficient (Wildman–Crippen LogP) is 0.222. The van der Waals surface area contributed by atoms with E-state index in [1.54, 1.807) is 12.1 Å². The Labute approximate surface area is 219 Å². The summed E-state index contributed by atoms with van der Waals surface area (Å²) < 4.78 is 51.0. The maximum Gasteiger partial charge on any atom is 0.243 e. The molecule has 0 aromatic heterocycles. The van der Waals surface area contributed by atoms with Crippen LogP contribution in [0.5, 0.6) is 5.75 Å². The zero-order chi connectivity index (χ0) is 26.3. The van der Waals surface area contributed by atoms with Gasteiger partial charge in [0.25, 0.3) is 0 Å². The van der Waals surface area contributed by atoms with E-state index in [0.717, 1.165) is 39.3 Å². The molecule has 1 aromatic rings. The van der Waals surface area contributed by atoms with Crippen molar-refractivity contribution in [1.29, 1.82) is 0 Å². The number of morpholine rings is 1. The summed E-state index contributed by atoms with van der Waals surface area (Å²) in [6, 6.07) is 5.78. The van der Waals surface area contributed by atoms with Crippen LogP contribution in [0.3, 0.4) is 0 Å². The summed E-state index contributed by atoms with van der Waals surface area (Å²) in [4.78, 5) is 15.0. The van der Waals surface area contributed by atoms with Crippen molar-refractivity contribution in [2.75, 3.05) is 66.3 Å². The lowest BCUT2D eigenvalue weighted by Crippen LogP contribution is -2.57. The SMILES string of the molecule is COc1cccc(S(=O)(=O)N2C[C@H](O)COC[C@@H]3O[C@@H](CC(=O)NCCCN4CCOCC4)CC[C@H]32)c1. The number of hydrogen-bond acceptors (Lipinski definition) is 9. The first-order valence-electron chi connectivity index (χ1n) is 13.0. The van der Waals surface area contributed by atoms with Crippen LogP contribution in [0.4, 0.5) is 0 Å². The van der Waals surface area contributed by atoms with E-state index >= 15 is 0 Å². The standard InChI is InChI=1S/C25H39N3O8S/c1-33-20-4-2-5-22(14-20)37(31,32)28-16-19(29)17-35-18-24-23(28)7-6-21(36-24)15-25(30)26-8-3-9-27-10-12-34-13-11-27/h2,4-5,14,19,21,23-24,29H,3,6-13,15-18H2,1H3,(H,26,30)/t19-,21+,23+,24-/m0/s1. The summed E-state index contributed by atoms with van der Waals surface area (Å²) in [6.45, 7) is 4.94. The Balaban J connectivity index is 1.34. The van der Waals surface area contributed by atoms with Crippen molar-refractivity contribution < 1.29 is 37.3 Å². The van der Waals surface area contributed by atoms with E-state index in [4.69, 9.17) is 18.9 Å². The molecule has 0 unspecified atom stereocenters. The lowest BCUT2D eigenvalue weighted by Gasteiger charge is -2.43. The molecular weight excluding hydrogens is 502 g/mol. The predicted molar refractivity (Wildman–Crippen MR) is 135 cm³/mol. The Morgan fingerprint density at radius 3 is 2.78 bits per heavy atom. The molecule has 4 rings (SSSR count). The number of ether oxygens (including phenoxy) is 4. The summed E-state index contributed by atoms with van der Waals surface area (Å²) in [5.74, 6) is 0.359. The maximum absolute atomic E-state index is 13.6. The van der Waals surface area contributed by atoms with Gasteiger partial charge in [-0.2, -0.15) is 4.31 Å². The number of carbonyl (C=O) groups excluding carboxylic acids is 1. The van der Waals surface area contributed by atoms with Crippen LogP contribution in [0.1, 0.15) is 25.7 Å². The van der Waals surface area contributed by atoms with Crippen LogP contribution < -0.4 is 10.1 Å². The number of rotatable bonds is 9. The third-order valence-electron chi connectivity index (χ3n) is 7.07. The molecule has 37 heavy (non-hydrogen) atoms. The summed E-state index contributed by atoms with van der Waals surface area (Å²) in [5, 5.41) is 13.4. The van der Waals surface area contributed by atoms with Crippen molar-refractivity contribution in [1.82, 2.24) is 14.5 Å². The molecule has 0 aliphatic carbocycles. The van der Waals surface area contributed by atoms with Crippen molar-refractivity contribution >= 4 is 15.9 Å². The van der Waals surface area contributed by atoms with Gasteiger partial charge in [0.1, 0.15) is 5.75 Å². The Bertz CT molecular complexity index is 988. The second-order valence-corrected chi connectivity index (χ2v) is 11.6. The molecule has 2 N–H and O–H groups in total. The van der Waals surface area contributed by atoms with E-state index in [1.165, 1.54) is 23.5 Å². The summed E-state index contributed by atoms with van der Waals surface area (Å²) in [6.07, 6.45) is 0.292. The fourth-order valence-corrected chi connectivity index (χ4v) is 6.85. The highest BCUT2D eigenvalue weighted by atomic mass is 32.2. The van der Waals surface area contributed by atoms with Crippen LogP contribution in [0.15, 0.2) is 29.2 Å². The van der Waals surface area contributed by atoms with Gasteiger partial charge in [0, 0.05) is 32.2 Å². The average molecular weight is 542 g/mol. The molecule has 3 saturated heterocycles. The van der Waals surface area contributed by atoms with E-state index in [1.807, 2.05) is 0 Å². The van der Waals surface area contributed by atoms with Gasteiger partial charge >= 0.3 is 0 Å². The molecule has 1 aromatic carbocycles. The first-order chi connectivity index (χ1) is 17.9. The van der Waals surface area contributed by atoms with Gasteiger partial charge in [0.2, 0.25) is 15.9 Å². The third-order valence-corrected chi connectivity index (χ3v) is 8.96. The molecule has 3 aliphatic heterocycles. The molecule has 3 heterocycles. The topological polar surface area (TPSA) is 127 Å². The fourth-order valence-electron chi connectivity index (χ4n) is 5.10. The zero-order valence-corrected chi connectivity index (χ0v) is 22.2. The van der Waals surface area contributed by atoms with Gasteiger partial charge in [-0.05, 0) is 37.9 Å². The first kappa shape index (κ1) is 28.2. The lowest BCUT2D eigenvalue weighted by atomic mass is 9.96. The van der Waals surface area contributed by atoms with E-state index in [-0.39, 0.29) is 43.1 Å². The van der Waals surface area contributed by atoms with E-state index < -0.39 is 28.3 Å².